The van der Waals surface area contributed by atoms with Crippen LogP contribution in [0, 0.1) is 0 Å². The van der Waals surface area contributed by atoms with E-state index in [2.05, 4.69) is 5.43 Å². The number of nitrogens with one attached hydrogen (secondary N) is 1. The Hall–Kier alpha value is -2.29. The van der Waals surface area contributed by atoms with Gasteiger partial charge in [-0.25, -0.2) is 10.4 Å². The van der Waals surface area contributed by atoms with Crippen LogP contribution in [0.2, 0.25) is 5.02 Å². The SMILES string of the molecule is CNN(C(=O)c1c(Cl)cccc1C(F)(F)F)c1cccc(N2CC(O)C2)c1. The van der Waals surface area contributed by atoms with E-state index in [-0.39, 0.29) is 5.02 Å². The smallest absolute Gasteiger partial charge is 0.389 e. The third kappa shape index (κ3) is 3.87. The second-order valence-electron chi connectivity index (χ2n) is 6.10. The Labute approximate surface area is 158 Å². The molecule has 0 aromatic heterocycles. The molecule has 0 radical (unpaired) electrons. The van der Waals surface area contributed by atoms with Gasteiger partial charge in [0.2, 0.25) is 0 Å². The van der Waals surface area contributed by atoms with Crippen LogP contribution in [0.15, 0.2) is 42.5 Å². The van der Waals surface area contributed by atoms with Crippen LogP contribution in [0.3, 0.4) is 0 Å². The second kappa shape index (κ2) is 7.38. The van der Waals surface area contributed by atoms with E-state index in [1.807, 2.05) is 4.90 Å². The average Bonchev–Trinajstić information content (AvgIpc) is 2.59. The van der Waals surface area contributed by atoms with Crippen molar-refractivity contribution in [2.24, 2.45) is 0 Å². The van der Waals surface area contributed by atoms with Crippen LogP contribution in [0.25, 0.3) is 0 Å². The number of hydrazine groups is 1. The summed E-state index contributed by atoms with van der Waals surface area (Å²) in [6.45, 7) is 0.916. The Bertz CT molecular complexity index is 854. The molecule has 0 bridgehead atoms. The number of hydrogen-bond donors (Lipinski definition) is 2. The van der Waals surface area contributed by atoms with Crippen molar-refractivity contribution in [1.82, 2.24) is 5.43 Å². The molecule has 2 N–H and O–H groups in total. The fourth-order valence-corrected chi connectivity index (χ4v) is 3.19. The summed E-state index contributed by atoms with van der Waals surface area (Å²) in [6.07, 6.45) is -5.13. The van der Waals surface area contributed by atoms with Crippen molar-refractivity contribution in [2.45, 2.75) is 12.3 Å². The van der Waals surface area contributed by atoms with Crippen molar-refractivity contribution < 1.29 is 23.1 Å². The van der Waals surface area contributed by atoms with Gasteiger partial charge in [-0.1, -0.05) is 23.7 Å². The number of carbonyl (C=O) groups excluding carboxylic acids is 1. The van der Waals surface area contributed by atoms with Crippen LogP contribution < -0.4 is 15.3 Å². The monoisotopic (exact) mass is 399 g/mol. The van der Waals surface area contributed by atoms with Crippen molar-refractivity contribution in [2.75, 3.05) is 30.0 Å². The summed E-state index contributed by atoms with van der Waals surface area (Å²) in [4.78, 5) is 14.8. The first-order chi connectivity index (χ1) is 12.7. The maximum atomic E-state index is 13.3. The molecule has 1 saturated heterocycles. The van der Waals surface area contributed by atoms with Crippen LogP contribution in [0.4, 0.5) is 24.5 Å². The van der Waals surface area contributed by atoms with Gasteiger partial charge in [0.05, 0.1) is 27.9 Å². The van der Waals surface area contributed by atoms with Gasteiger partial charge in [-0.3, -0.25) is 4.79 Å². The van der Waals surface area contributed by atoms with Crippen LogP contribution in [-0.2, 0) is 6.18 Å². The molecule has 2 aromatic carbocycles. The van der Waals surface area contributed by atoms with Crippen molar-refractivity contribution in [1.29, 1.82) is 0 Å². The molecule has 0 unspecified atom stereocenters. The lowest BCUT2D eigenvalue weighted by molar-refractivity contribution is -0.137. The number of carbonyl (C=O) groups is 1. The molecule has 0 atom stereocenters. The summed E-state index contributed by atoms with van der Waals surface area (Å²) in [5, 5.41) is 10.2. The molecule has 1 heterocycles. The van der Waals surface area contributed by atoms with Gasteiger partial charge >= 0.3 is 6.18 Å². The van der Waals surface area contributed by atoms with Crippen LogP contribution in [0.1, 0.15) is 15.9 Å². The summed E-state index contributed by atoms with van der Waals surface area (Å²) in [7, 11) is 1.43. The Morgan fingerprint density at radius 2 is 1.93 bits per heavy atom. The van der Waals surface area contributed by atoms with Gasteiger partial charge in [0.1, 0.15) is 0 Å². The van der Waals surface area contributed by atoms with Crippen molar-refractivity contribution >= 4 is 28.9 Å². The van der Waals surface area contributed by atoms with E-state index in [9.17, 15) is 23.1 Å². The topological polar surface area (TPSA) is 55.8 Å². The number of anilines is 2. The molecule has 2 aromatic rings. The van der Waals surface area contributed by atoms with Gasteiger partial charge in [0, 0.05) is 25.8 Å². The Balaban J connectivity index is 1.98. The maximum Gasteiger partial charge on any atom is 0.417 e. The number of rotatable bonds is 4. The molecule has 9 heteroatoms. The standard InChI is InChI=1S/C18H17ClF3N3O2/c1-23-25(12-5-2-4-11(8-12)24-9-13(26)10-24)17(27)16-14(18(20,21)22)6-3-7-15(16)19/h2-8,13,23,26H,9-10H2,1H3. The molecular weight excluding hydrogens is 383 g/mol. The number of aliphatic hydroxyl groups is 1. The molecule has 144 valence electrons. The molecule has 1 aliphatic heterocycles. The van der Waals surface area contributed by atoms with Crippen molar-refractivity contribution in [3.05, 3.63) is 58.6 Å². The summed E-state index contributed by atoms with van der Waals surface area (Å²) < 4.78 is 40.0. The predicted octanol–water partition coefficient (Wildman–Crippen LogP) is 3.32. The molecule has 3 rings (SSSR count). The van der Waals surface area contributed by atoms with Crippen molar-refractivity contribution in [3.63, 3.8) is 0 Å². The molecule has 0 spiro atoms. The Morgan fingerprint density at radius 1 is 1.26 bits per heavy atom. The van der Waals surface area contributed by atoms with E-state index in [0.29, 0.717) is 18.8 Å². The number of nitrogens with zero attached hydrogens (tertiary/aromatic N) is 2. The number of alkyl halides is 3. The van der Waals surface area contributed by atoms with E-state index in [1.165, 1.54) is 13.1 Å². The summed E-state index contributed by atoms with van der Waals surface area (Å²) in [6, 6.07) is 9.96. The van der Waals surface area contributed by atoms with Crippen LogP contribution in [0.5, 0.6) is 0 Å². The maximum absolute atomic E-state index is 13.3. The van der Waals surface area contributed by atoms with Gasteiger partial charge in [-0.15, -0.1) is 0 Å². The van der Waals surface area contributed by atoms with E-state index in [1.54, 1.807) is 24.3 Å². The summed E-state index contributed by atoms with van der Waals surface area (Å²) in [5.74, 6) is -0.920. The third-order valence-corrected chi connectivity index (χ3v) is 4.59. The van der Waals surface area contributed by atoms with Crippen LogP contribution in [-0.4, -0.2) is 37.3 Å². The average molecular weight is 400 g/mol. The minimum Gasteiger partial charge on any atom is -0.389 e. The number of aliphatic hydroxyl groups excluding tert-OH is 1. The number of halogens is 4. The van der Waals surface area contributed by atoms with E-state index in [4.69, 9.17) is 11.6 Å². The first-order valence-corrected chi connectivity index (χ1v) is 8.50. The quantitative estimate of drug-likeness (QED) is 0.774. The highest BCUT2D eigenvalue weighted by atomic mass is 35.5. The Morgan fingerprint density at radius 3 is 2.52 bits per heavy atom. The molecule has 27 heavy (non-hydrogen) atoms. The highest BCUT2D eigenvalue weighted by Crippen LogP contribution is 2.36. The van der Waals surface area contributed by atoms with Crippen LogP contribution >= 0.6 is 11.6 Å². The van der Waals surface area contributed by atoms with Gasteiger partial charge in [0.15, 0.2) is 0 Å². The van der Waals surface area contributed by atoms with Gasteiger partial charge < -0.3 is 10.0 Å². The number of β-amino-alcohol motifs (C(OH)–C–C–N with tert-alkyl or cyclic N) is 1. The highest BCUT2D eigenvalue weighted by Gasteiger charge is 2.37. The van der Waals surface area contributed by atoms with Crippen molar-refractivity contribution in [3.8, 4) is 0 Å². The fourth-order valence-electron chi connectivity index (χ4n) is 2.93. The molecule has 0 saturated carbocycles. The molecule has 1 fully saturated rings. The minimum atomic E-state index is -4.72. The normalized spacial score (nSPS) is 14.8. The zero-order chi connectivity index (χ0) is 19.8. The molecule has 5 nitrogen and oxygen atoms in total. The molecular formula is C18H17ClF3N3O2. The fraction of sp³-hybridized carbons (Fsp3) is 0.278. The second-order valence-corrected chi connectivity index (χ2v) is 6.51. The lowest BCUT2D eigenvalue weighted by Crippen LogP contribution is -2.51. The highest BCUT2D eigenvalue weighted by molar-refractivity contribution is 6.34. The van der Waals surface area contributed by atoms with E-state index in [0.717, 1.165) is 22.8 Å². The minimum absolute atomic E-state index is 0.280. The number of amides is 1. The lowest BCUT2D eigenvalue weighted by atomic mass is 10.1. The number of benzene rings is 2. The summed E-state index contributed by atoms with van der Waals surface area (Å²) in [5.41, 5.74) is 2.02. The van der Waals surface area contributed by atoms with E-state index < -0.39 is 29.3 Å². The Kier molecular flexibility index (Phi) is 5.32. The van der Waals surface area contributed by atoms with E-state index >= 15 is 0 Å². The molecule has 1 aliphatic rings. The lowest BCUT2D eigenvalue weighted by Gasteiger charge is -2.38. The largest absolute Gasteiger partial charge is 0.417 e. The summed E-state index contributed by atoms with van der Waals surface area (Å²) >= 11 is 5.94. The predicted molar refractivity (Wildman–Crippen MR) is 97.0 cm³/mol. The number of hydrogen-bond acceptors (Lipinski definition) is 4. The zero-order valence-corrected chi connectivity index (χ0v) is 15.1. The zero-order valence-electron chi connectivity index (χ0n) is 14.3. The third-order valence-electron chi connectivity index (χ3n) is 4.27. The molecule has 1 amide bonds. The van der Waals surface area contributed by atoms with Gasteiger partial charge in [0.25, 0.3) is 5.91 Å². The molecule has 0 aliphatic carbocycles. The van der Waals surface area contributed by atoms with Gasteiger partial charge in [-0.05, 0) is 30.3 Å². The first-order valence-electron chi connectivity index (χ1n) is 8.13. The van der Waals surface area contributed by atoms with Gasteiger partial charge in [-0.2, -0.15) is 13.2 Å². The first kappa shape index (κ1) is 19.5.